The van der Waals surface area contributed by atoms with Gasteiger partial charge < -0.3 is 15.0 Å². The van der Waals surface area contributed by atoms with Gasteiger partial charge >= 0.3 is 0 Å². The Bertz CT molecular complexity index is 1420. The smallest absolute Gasteiger partial charge is 0.166 e. The Hall–Kier alpha value is -3.68. The highest BCUT2D eigenvalue weighted by Gasteiger charge is 2.28. The summed E-state index contributed by atoms with van der Waals surface area (Å²) in [6.45, 7) is 7.38. The molecule has 4 heterocycles. The molecule has 0 spiro atoms. The molecule has 0 amide bonds. The van der Waals surface area contributed by atoms with Crippen LogP contribution in [0.15, 0.2) is 36.7 Å². The fourth-order valence-corrected chi connectivity index (χ4v) is 4.87. The van der Waals surface area contributed by atoms with E-state index in [0.717, 1.165) is 46.1 Å². The first-order valence-electron chi connectivity index (χ1n) is 11.7. The first kappa shape index (κ1) is 20.9. The summed E-state index contributed by atoms with van der Waals surface area (Å²) >= 11 is 0. The number of rotatable bonds is 2. The number of nitrogen functional groups attached to an aromatic ring is 1. The van der Waals surface area contributed by atoms with Gasteiger partial charge in [0.05, 0.1) is 23.6 Å². The van der Waals surface area contributed by atoms with Crippen LogP contribution in [0.3, 0.4) is 0 Å². The van der Waals surface area contributed by atoms with E-state index in [9.17, 15) is 4.39 Å². The average Bonchev–Trinajstić information content (AvgIpc) is 3.46. The van der Waals surface area contributed by atoms with Crippen LogP contribution in [0.25, 0.3) is 22.6 Å². The minimum atomic E-state index is -0.465. The monoisotopic (exact) mass is 458 g/mol. The minimum absolute atomic E-state index is 0.300. The third-order valence-corrected chi connectivity index (χ3v) is 6.76. The summed E-state index contributed by atoms with van der Waals surface area (Å²) in [7, 11) is 0. The second-order valence-electron chi connectivity index (χ2n) is 9.47. The number of hydrogen-bond donors (Lipinski definition) is 1. The van der Waals surface area contributed by atoms with E-state index in [1.807, 2.05) is 33.0 Å². The second kappa shape index (κ2) is 7.68. The molecule has 0 saturated heterocycles. The predicted octanol–water partition coefficient (Wildman–Crippen LogP) is 5.06. The van der Waals surface area contributed by atoms with E-state index >= 15 is 0 Å². The topological polar surface area (TPSA) is 83.8 Å². The molecule has 7 nitrogen and oxygen atoms in total. The largest absolute Gasteiger partial charge is 0.482 e. The summed E-state index contributed by atoms with van der Waals surface area (Å²) in [5, 5.41) is 4.92. The van der Waals surface area contributed by atoms with E-state index in [0.29, 0.717) is 29.6 Å². The molecule has 1 saturated carbocycles. The summed E-state index contributed by atoms with van der Waals surface area (Å²) in [5.74, 6) is 1.89. The number of benzene rings is 1. The van der Waals surface area contributed by atoms with Crippen molar-refractivity contribution in [3.8, 4) is 28.4 Å². The Kier molecular flexibility index (Phi) is 4.72. The minimum Gasteiger partial charge on any atom is -0.482 e. The van der Waals surface area contributed by atoms with Gasteiger partial charge in [0.15, 0.2) is 11.6 Å². The molecule has 2 N–H and O–H groups in total. The summed E-state index contributed by atoms with van der Waals surface area (Å²) in [6, 6.07) is 6.68. The molecule has 4 aromatic rings. The van der Waals surface area contributed by atoms with Gasteiger partial charge in [-0.2, -0.15) is 5.10 Å². The molecule has 2 bridgehead atoms. The van der Waals surface area contributed by atoms with E-state index in [1.165, 1.54) is 25.0 Å². The number of nitrogens with two attached hydrogens (primary N) is 1. The SMILES string of the molecule is Cc1cn2c(n1)-c1ccc(F)cc1C(C)Oc1cc(cnc1N)-c1c(c(C)nn1CC1CC1)C2. The summed E-state index contributed by atoms with van der Waals surface area (Å²) in [6.07, 6.45) is 5.83. The molecular weight excluding hydrogens is 431 g/mol. The summed E-state index contributed by atoms with van der Waals surface area (Å²) < 4.78 is 24.9. The number of aryl methyl sites for hydroxylation is 2. The van der Waals surface area contributed by atoms with Crippen LogP contribution in [0.4, 0.5) is 10.2 Å². The Labute approximate surface area is 197 Å². The van der Waals surface area contributed by atoms with Crippen LogP contribution >= 0.6 is 0 Å². The fourth-order valence-electron chi connectivity index (χ4n) is 4.87. The predicted molar refractivity (Wildman–Crippen MR) is 128 cm³/mol. The van der Waals surface area contributed by atoms with Crippen LogP contribution in [-0.4, -0.2) is 24.3 Å². The number of ether oxygens (including phenoxy) is 1. The van der Waals surface area contributed by atoms with Gasteiger partial charge in [0, 0.05) is 41.2 Å². The maximum absolute atomic E-state index is 14.3. The molecule has 1 aromatic carbocycles. The van der Waals surface area contributed by atoms with Crippen LogP contribution in [0.1, 0.15) is 48.4 Å². The van der Waals surface area contributed by atoms with Crippen LogP contribution < -0.4 is 10.5 Å². The number of hydrogen-bond acceptors (Lipinski definition) is 5. The molecule has 2 aliphatic rings. The van der Waals surface area contributed by atoms with Gasteiger partial charge in [-0.05, 0) is 63.8 Å². The standard InChI is InChI=1S/C26H27FN6O/c1-14-11-32-13-22-15(2)31-33(12-17-4-5-17)24(22)18-8-23(25(28)29-10-18)34-16(3)21-9-19(27)6-7-20(21)26(32)30-14/h6-11,16-17H,4-5,12-13H2,1-3H3,(H2,28,29). The molecular formula is C26H27FN6O. The van der Waals surface area contributed by atoms with E-state index in [4.69, 9.17) is 20.6 Å². The van der Waals surface area contributed by atoms with Crippen LogP contribution in [0.5, 0.6) is 5.75 Å². The number of fused-ring (bicyclic) bond motifs is 7. The molecule has 1 atom stereocenters. The van der Waals surface area contributed by atoms with Crippen molar-refractivity contribution < 1.29 is 9.13 Å². The first-order chi connectivity index (χ1) is 16.4. The van der Waals surface area contributed by atoms with Crippen molar-refractivity contribution in [3.05, 3.63) is 65.0 Å². The van der Waals surface area contributed by atoms with Crippen molar-refractivity contribution in [2.24, 2.45) is 5.92 Å². The van der Waals surface area contributed by atoms with Gasteiger partial charge in [0.1, 0.15) is 17.7 Å². The van der Waals surface area contributed by atoms with Gasteiger partial charge in [-0.1, -0.05) is 0 Å². The zero-order valence-corrected chi connectivity index (χ0v) is 19.5. The van der Waals surface area contributed by atoms with Gasteiger partial charge in [0.25, 0.3) is 0 Å². The van der Waals surface area contributed by atoms with Gasteiger partial charge in [0.2, 0.25) is 0 Å². The normalized spacial score (nSPS) is 17.1. The third kappa shape index (κ3) is 3.54. The highest BCUT2D eigenvalue weighted by molar-refractivity contribution is 5.69. The lowest BCUT2D eigenvalue weighted by Gasteiger charge is -2.21. The average molecular weight is 459 g/mol. The summed E-state index contributed by atoms with van der Waals surface area (Å²) in [4.78, 5) is 9.27. The molecule has 1 aliphatic heterocycles. The first-order valence-corrected chi connectivity index (χ1v) is 11.7. The molecule has 6 rings (SSSR count). The number of anilines is 1. The summed E-state index contributed by atoms with van der Waals surface area (Å²) in [5.41, 5.74) is 12.7. The fraction of sp³-hybridized carbons (Fsp3) is 0.346. The van der Waals surface area contributed by atoms with E-state index in [2.05, 4.69) is 14.2 Å². The molecule has 34 heavy (non-hydrogen) atoms. The van der Waals surface area contributed by atoms with E-state index in [-0.39, 0.29) is 5.82 Å². The maximum Gasteiger partial charge on any atom is 0.166 e. The molecule has 0 radical (unpaired) electrons. The molecule has 174 valence electrons. The van der Waals surface area contributed by atoms with Crippen molar-refractivity contribution in [2.45, 2.75) is 52.8 Å². The highest BCUT2D eigenvalue weighted by atomic mass is 19.1. The molecule has 8 heteroatoms. The van der Waals surface area contributed by atoms with Crippen molar-refractivity contribution in [3.63, 3.8) is 0 Å². The van der Waals surface area contributed by atoms with Crippen LogP contribution in [0, 0.1) is 25.6 Å². The molecule has 1 fully saturated rings. The van der Waals surface area contributed by atoms with Crippen molar-refractivity contribution in [2.75, 3.05) is 5.73 Å². The Morgan fingerprint density at radius 1 is 1.21 bits per heavy atom. The third-order valence-electron chi connectivity index (χ3n) is 6.76. The van der Waals surface area contributed by atoms with Crippen molar-refractivity contribution >= 4 is 5.82 Å². The maximum atomic E-state index is 14.3. The van der Waals surface area contributed by atoms with E-state index in [1.54, 1.807) is 12.3 Å². The Morgan fingerprint density at radius 3 is 2.82 bits per heavy atom. The van der Waals surface area contributed by atoms with Gasteiger partial charge in [-0.3, -0.25) is 4.68 Å². The molecule has 3 aromatic heterocycles. The number of pyridine rings is 1. The quantitative estimate of drug-likeness (QED) is 0.454. The Morgan fingerprint density at radius 2 is 2.03 bits per heavy atom. The van der Waals surface area contributed by atoms with Crippen LogP contribution in [-0.2, 0) is 13.1 Å². The van der Waals surface area contributed by atoms with E-state index < -0.39 is 6.10 Å². The zero-order valence-electron chi connectivity index (χ0n) is 19.5. The highest BCUT2D eigenvalue weighted by Crippen LogP contribution is 2.39. The lowest BCUT2D eigenvalue weighted by Crippen LogP contribution is -2.12. The second-order valence-corrected chi connectivity index (χ2v) is 9.47. The lowest BCUT2D eigenvalue weighted by atomic mass is 10.0. The van der Waals surface area contributed by atoms with Crippen molar-refractivity contribution in [1.82, 2.24) is 24.3 Å². The van der Waals surface area contributed by atoms with Crippen LogP contribution in [0.2, 0.25) is 0 Å². The molecule has 1 aliphatic carbocycles. The van der Waals surface area contributed by atoms with Gasteiger partial charge in [-0.15, -0.1) is 0 Å². The Balaban J connectivity index is 1.62. The van der Waals surface area contributed by atoms with Crippen molar-refractivity contribution in [1.29, 1.82) is 0 Å². The lowest BCUT2D eigenvalue weighted by molar-refractivity contribution is 0.227. The number of imidazole rings is 1. The van der Waals surface area contributed by atoms with Gasteiger partial charge in [-0.25, -0.2) is 14.4 Å². The number of aromatic nitrogens is 5. The zero-order chi connectivity index (χ0) is 23.6. The number of halogens is 1. The molecule has 1 unspecified atom stereocenters. The number of nitrogens with zero attached hydrogens (tertiary/aromatic N) is 5.